The predicted octanol–water partition coefficient (Wildman–Crippen LogP) is 0.695. The van der Waals surface area contributed by atoms with Crippen LogP contribution in [0.5, 0.6) is 0 Å². The quantitative estimate of drug-likeness (QED) is 0.496. The second kappa shape index (κ2) is 5.87. The van der Waals surface area contributed by atoms with E-state index in [1.165, 1.54) is 0 Å². The smallest absolute Gasteiger partial charge is 0.328 e. The van der Waals surface area contributed by atoms with Crippen molar-refractivity contribution in [3.8, 4) is 0 Å². The first-order valence-corrected chi connectivity index (χ1v) is 6.67. The minimum absolute atomic E-state index is 0.0412. The van der Waals surface area contributed by atoms with Gasteiger partial charge in [0.05, 0.1) is 17.2 Å². The van der Waals surface area contributed by atoms with Crippen LogP contribution in [0.2, 0.25) is 0 Å². The maximum Gasteiger partial charge on any atom is 0.328 e. The summed E-state index contributed by atoms with van der Waals surface area (Å²) in [5.41, 5.74) is 5.35. The number of hydrazone groups is 1. The highest BCUT2D eigenvalue weighted by Gasteiger charge is 2.07. The van der Waals surface area contributed by atoms with E-state index in [1.807, 2.05) is 25.1 Å². The number of imidazole rings is 1. The zero-order valence-corrected chi connectivity index (χ0v) is 12.5. The lowest BCUT2D eigenvalue weighted by molar-refractivity contribution is 0.795. The Labute approximate surface area is 122 Å². The fraction of sp³-hybridized carbons (Fsp3) is 0.308. The van der Waals surface area contributed by atoms with Crippen LogP contribution in [0.1, 0.15) is 12.5 Å². The number of fused-ring (bicyclic) bond motifs is 1. The van der Waals surface area contributed by atoms with Crippen LogP contribution in [0.25, 0.3) is 11.0 Å². The Kier molecular flexibility index (Phi) is 4.19. The summed E-state index contributed by atoms with van der Waals surface area (Å²) in [5.74, 6) is 0. The van der Waals surface area contributed by atoms with E-state index in [1.54, 1.807) is 29.4 Å². The van der Waals surface area contributed by atoms with Crippen molar-refractivity contribution in [3.63, 3.8) is 0 Å². The molecule has 0 atom stereocenters. The van der Waals surface area contributed by atoms with Crippen molar-refractivity contribution in [2.24, 2.45) is 19.2 Å². The van der Waals surface area contributed by atoms with Crippen molar-refractivity contribution >= 4 is 34.6 Å². The summed E-state index contributed by atoms with van der Waals surface area (Å²) in [6.45, 7) is 2.71. The zero-order valence-electron chi connectivity index (χ0n) is 11.7. The molecule has 0 spiro atoms. The van der Waals surface area contributed by atoms with E-state index in [0.29, 0.717) is 5.11 Å². The third-order valence-corrected chi connectivity index (χ3v) is 3.25. The maximum atomic E-state index is 11.8. The molecule has 0 fully saturated rings. The fourth-order valence-electron chi connectivity index (χ4n) is 1.97. The largest absolute Gasteiger partial charge is 0.362 e. The van der Waals surface area contributed by atoms with Gasteiger partial charge in [-0.1, -0.05) is 6.07 Å². The van der Waals surface area contributed by atoms with Crippen LogP contribution in [-0.2, 0) is 14.1 Å². The van der Waals surface area contributed by atoms with Gasteiger partial charge in [0.25, 0.3) is 0 Å². The van der Waals surface area contributed by atoms with Crippen molar-refractivity contribution in [2.45, 2.75) is 6.92 Å². The van der Waals surface area contributed by atoms with Crippen LogP contribution < -0.4 is 16.4 Å². The second-order valence-corrected chi connectivity index (χ2v) is 4.79. The van der Waals surface area contributed by atoms with E-state index in [2.05, 4.69) is 15.8 Å². The van der Waals surface area contributed by atoms with Crippen molar-refractivity contribution < 1.29 is 0 Å². The van der Waals surface area contributed by atoms with Gasteiger partial charge in [-0.3, -0.25) is 14.6 Å². The van der Waals surface area contributed by atoms with Crippen molar-refractivity contribution in [1.29, 1.82) is 0 Å². The molecule has 2 aromatic rings. The average Bonchev–Trinajstić information content (AvgIpc) is 2.64. The molecule has 2 rings (SSSR count). The highest BCUT2D eigenvalue weighted by Crippen LogP contribution is 2.12. The van der Waals surface area contributed by atoms with Gasteiger partial charge in [-0.25, -0.2) is 4.79 Å². The minimum Gasteiger partial charge on any atom is -0.362 e. The van der Waals surface area contributed by atoms with Gasteiger partial charge in [0.1, 0.15) is 0 Å². The Balaban J connectivity index is 2.24. The Morgan fingerprint density at radius 2 is 2.05 bits per heavy atom. The summed E-state index contributed by atoms with van der Waals surface area (Å²) in [6.07, 6.45) is 1.67. The predicted molar refractivity (Wildman–Crippen MR) is 85.2 cm³/mol. The maximum absolute atomic E-state index is 11.8. The molecule has 106 valence electrons. The molecule has 0 saturated carbocycles. The lowest BCUT2D eigenvalue weighted by atomic mass is 10.2. The fourth-order valence-corrected chi connectivity index (χ4v) is 2.17. The van der Waals surface area contributed by atoms with E-state index < -0.39 is 0 Å². The lowest BCUT2D eigenvalue weighted by Crippen LogP contribution is -2.31. The SMILES string of the molecule is CCNC(=S)N/N=C\c1ccc2c(c1)n(C)c(=O)n2C. The summed E-state index contributed by atoms with van der Waals surface area (Å²) in [7, 11) is 3.51. The second-order valence-electron chi connectivity index (χ2n) is 4.38. The number of nitrogens with zero attached hydrogens (tertiary/aromatic N) is 3. The van der Waals surface area contributed by atoms with Crippen LogP contribution in [0.15, 0.2) is 28.1 Å². The van der Waals surface area contributed by atoms with Gasteiger partial charge in [0, 0.05) is 20.6 Å². The summed E-state index contributed by atoms with van der Waals surface area (Å²) in [6, 6.07) is 5.72. The van der Waals surface area contributed by atoms with Crippen LogP contribution in [0.4, 0.5) is 0 Å². The van der Waals surface area contributed by atoms with Crippen LogP contribution >= 0.6 is 12.2 Å². The topological polar surface area (TPSA) is 63.4 Å². The summed E-state index contributed by atoms with van der Waals surface area (Å²) in [5, 5.41) is 7.48. The molecule has 0 bridgehead atoms. The van der Waals surface area contributed by atoms with E-state index >= 15 is 0 Å². The molecule has 6 nitrogen and oxygen atoms in total. The molecule has 1 aromatic heterocycles. The third kappa shape index (κ3) is 2.72. The van der Waals surface area contributed by atoms with Gasteiger partial charge in [-0.2, -0.15) is 5.10 Å². The number of nitrogens with one attached hydrogen (secondary N) is 2. The molecule has 0 amide bonds. The first kappa shape index (κ1) is 14.3. The lowest BCUT2D eigenvalue weighted by Gasteiger charge is -2.02. The average molecular weight is 291 g/mol. The van der Waals surface area contributed by atoms with E-state index in [0.717, 1.165) is 23.1 Å². The number of benzene rings is 1. The number of rotatable bonds is 3. The Bertz CT molecular complexity index is 728. The Hall–Kier alpha value is -2.15. The summed E-state index contributed by atoms with van der Waals surface area (Å²) < 4.78 is 3.23. The molecule has 2 N–H and O–H groups in total. The summed E-state index contributed by atoms with van der Waals surface area (Å²) >= 11 is 5.00. The number of thiocarbonyl (C=S) groups is 1. The van der Waals surface area contributed by atoms with Gasteiger partial charge in [0.15, 0.2) is 5.11 Å². The van der Waals surface area contributed by atoms with E-state index in [-0.39, 0.29) is 5.69 Å². The molecule has 1 heterocycles. The molecule has 0 aliphatic rings. The molecular formula is C13H17N5OS. The van der Waals surface area contributed by atoms with Crippen molar-refractivity contribution in [2.75, 3.05) is 6.54 Å². The zero-order chi connectivity index (χ0) is 14.7. The first-order chi connectivity index (χ1) is 9.54. The molecule has 0 aliphatic carbocycles. The van der Waals surface area contributed by atoms with E-state index in [4.69, 9.17) is 12.2 Å². The molecule has 7 heteroatoms. The number of aryl methyl sites for hydroxylation is 2. The normalized spacial score (nSPS) is 11.2. The van der Waals surface area contributed by atoms with Gasteiger partial charge < -0.3 is 5.32 Å². The van der Waals surface area contributed by atoms with Gasteiger partial charge >= 0.3 is 5.69 Å². The molecule has 0 aliphatic heterocycles. The standard InChI is InChI=1S/C13H17N5OS/c1-4-14-12(20)16-15-8-9-5-6-10-11(7-9)18(3)13(19)17(10)2/h5-8H,4H2,1-3H3,(H2,14,16,20)/b15-8-. The van der Waals surface area contributed by atoms with Crippen LogP contribution in [0.3, 0.4) is 0 Å². The third-order valence-electron chi connectivity index (χ3n) is 3.01. The first-order valence-electron chi connectivity index (χ1n) is 6.27. The van der Waals surface area contributed by atoms with Crippen molar-refractivity contribution in [3.05, 3.63) is 34.2 Å². The number of hydrogen-bond acceptors (Lipinski definition) is 3. The molecule has 20 heavy (non-hydrogen) atoms. The number of aromatic nitrogens is 2. The molecular weight excluding hydrogens is 274 g/mol. The Morgan fingerprint density at radius 3 is 2.75 bits per heavy atom. The Morgan fingerprint density at radius 1 is 1.35 bits per heavy atom. The van der Waals surface area contributed by atoms with Crippen molar-refractivity contribution in [1.82, 2.24) is 19.9 Å². The molecule has 0 saturated heterocycles. The monoisotopic (exact) mass is 291 g/mol. The molecule has 1 aromatic carbocycles. The highest BCUT2D eigenvalue weighted by molar-refractivity contribution is 7.80. The molecule has 0 radical (unpaired) electrons. The van der Waals surface area contributed by atoms with Gasteiger partial charge in [-0.05, 0) is 36.8 Å². The van der Waals surface area contributed by atoms with Crippen LogP contribution in [-0.4, -0.2) is 27.0 Å². The summed E-state index contributed by atoms with van der Waals surface area (Å²) in [4.78, 5) is 11.8. The van der Waals surface area contributed by atoms with Gasteiger partial charge in [0.2, 0.25) is 0 Å². The minimum atomic E-state index is -0.0412. The molecule has 0 unspecified atom stereocenters. The van der Waals surface area contributed by atoms with Gasteiger partial charge in [-0.15, -0.1) is 0 Å². The number of hydrogen-bond donors (Lipinski definition) is 2. The van der Waals surface area contributed by atoms with E-state index in [9.17, 15) is 4.79 Å². The van der Waals surface area contributed by atoms with Crippen LogP contribution in [0, 0.1) is 0 Å². The highest BCUT2D eigenvalue weighted by atomic mass is 32.1.